The van der Waals surface area contributed by atoms with Crippen LogP contribution in [0.5, 0.6) is 0 Å². The van der Waals surface area contributed by atoms with Crippen molar-refractivity contribution in [1.29, 1.82) is 0 Å². The first-order valence-corrected chi connectivity index (χ1v) is 7.27. The van der Waals surface area contributed by atoms with E-state index in [4.69, 9.17) is 0 Å². The fourth-order valence-corrected chi connectivity index (χ4v) is 3.48. The Kier molecular flexibility index (Phi) is 3.59. The number of hydrogen-bond donors (Lipinski definition) is 0. The van der Waals surface area contributed by atoms with Gasteiger partial charge >= 0.3 is 0 Å². The number of thioether (sulfide) groups is 1. The average molecular weight is 260 g/mol. The number of rotatable bonds is 3. The van der Waals surface area contributed by atoms with Gasteiger partial charge in [-0.3, -0.25) is 4.57 Å². The van der Waals surface area contributed by atoms with Crippen molar-refractivity contribution in [3.8, 4) is 5.82 Å². The first-order valence-electron chi connectivity index (χ1n) is 6.39. The molecule has 3 rings (SSSR count). The van der Waals surface area contributed by atoms with Crippen molar-refractivity contribution in [1.82, 2.24) is 19.5 Å². The first-order chi connectivity index (χ1) is 8.92. The van der Waals surface area contributed by atoms with Gasteiger partial charge in [-0.25, -0.2) is 15.0 Å². The molecule has 0 saturated heterocycles. The van der Waals surface area contributed by atoms with Crippen LogP contribution in [-0.4, -0.2) is 24.8 Å². The Morgan fingerprint density at radius 1 is 1.17 bits per heavy atom. The highest BCUT2D eigenvalue weighted by atomic mass is 32.2. The predicted octanol–water partition coefficient (Wildman–Crippen LogP) is 3.09. The molecule has 1 aliphatic carbocycles. The van der Waals surface area contributed by atoms with Crippen molar-refractivity contribution in [2.75, 3.05) is 0 Å². The van der Waals surface area contributed by atoms with E-state index < -0.39 is 0 Å². The van der Waals surface area contributed by atoms with E-state index >= 15 is 0 Å². The van der Waals surface area contributed by atoms with Gasteiger partial charge in [0.05, 0.1) is 0 Å². The van der Waals surface area contributed by atoms with E-state index in [0.29, 0.717) is 0 Å². The van der Waals surface area contributed by atoms with E-state index in [0.717, 1.165) is 16.1 Å². The Morgan fingerprint density at radius 2 is 2.06 bits per heavy atom. The molecule has 2 aromatic rings. The van der Waals surface area contributed by atoms with E-state index in [9.17, 15) is 0 Å². The van der Waals surface area contributed by atoms with Crippen LogP contribution in [0.25, 0.3) is 5.82 Å². The number of aromatic nitrogens is 4. The van der Waals surface area contributed by atoms with E-state index in [-0.39, 0.29) is 0 Å². The lowest BCUT2D eigenvalue weighted by molar-refractivity contribution is 0.515. The molecule has 0 atom stereocenters. The third-order valence-electron chi connectivity index (χ3n) is 3.24. The zero-order chi connectivity index (χ0) is 12.2. The SMILES string of the molecule is c1cn(-c2cc(SC3CCCCC3)ncn2)cn1. The minimum Gasteiger partial charge on any atom is -0.290 e. The third-order valence-corrected chi connectivity index (χ3v) is 4.51. The molecule has 18 heavy (non-hydrogen) atoms. The maximum atomic E-state index is 4.36. The largest absolute Gasteiger partial charge is 0.290 e. The fourth-order valence-electron chi connectivity index (χ4n) is 2.28. The van der Waals surface area contributed by atoms with E-state index in [1.165, 1.54) is 32.1 Å². The first kappa shape index (κ1) is 11.7. The molecular weight excluding hydrogens is 244 g/mol. The highest BCUT2D eigenvalue weighted by Crippen LogP contribution is 2.32. The zero-order valence-electron chi connectivity index (χ0n) is 10.2. The van der Waals surface area contributed by atoms with Crippen LogP contribution in [0.15, 0.2) is 36.1 Å². The van der Waals surface area contributed by atoms with Crippen molar-refractivity contribution in [3.05, 3.63) is 31.1 Å². The second kappa shape index (κ2) is 5.52. The second-order valence-electron chi connectivity index (χ2n) is 4.56. The monoisotopic (exact) mass is 260 g/mol. The van der Waals surface area contributed by atoms with Crippen LogP contribution in [0.3, 0.4) is 0 Å². The molecule has 4 nitrogen and oxygen atoms in total. The van der Waals surface area contributed by atoms with Crippen LogP contribution < -0.4 is 0 Å². The average Bonchev–Trinajstić information content (AvgIpc) is 2.94. The van der Waals surface area contributed by atoms with E-state index in [2.05, 4.69) is 15.0 Å². The normalized spacial score (nSPS) is 16.9. The summed E-state index contributed by atoms with van der Waals surface area (Å²) in [5.41, 5.74) is 0. The summed E-state index contributed by atoms with van der Waals surface area (Å²) in [4.78, 5) is 12.7. The molecule has 94 valence electrons. The molecule has 0 unspecified atom stereocenters. The highest BCUT2D eigenvalue weighted by Gasteiger charge is 2.15. The topological polar surface area (TPSA) is 43.6 Å². The Morgan fingerprint density at radius 3 is 2.83 bits per heavy atom. The summed E-state index contributed by atoms with van der Waals surface area (Å²) in [7, 11) is 0. The molecule has 0 radical (unpaired) electrons. The van der Waals surface area contributed by atoms with Gasteiger partial charge < -0.3 is 0 Å². The van der Waals surface area contributed by atoms with Crippen molar-refractivity contribution in [2.45, 2.75) is 42.4 Å². The molecule has 0 amide bonds. The summed E-state index contributed by atoms with van der Waals surface area (Å²) in [6.45, 7) is 0. The van der Waals surface area contributed by atoms with Crippen molar-refractivity contribution < 1.29 is 0 Å². The number of nitrogens with zero attached hydrogens (tertiary/aromatic N) is 4. The molecule has 0 spiro atoms. The Balaban J connectivity index is 1.74. The Labute approximate surface area is 111 Å². The summed E-state index contributed by atoms with van der Waals surface area (Å²) in [6.07, 6.45) is 13.8. The van der Waals surface area contributed by atoms with Crippen LogP contribution in [0.2, 0.25) is 0 Å². The van der Waals surface area contributed by atoms with Gasteiger partial charge in [0.15, 0.2) is 0 Å². The van der Waals surface area contributed by atoms with Crippen LogP contribution in [0.4, 0.5) is 0 Å². The van der Waals surface area contributed by atoms with Gasteiger partial charge in [-0.2, -0.15) is 0 Å². The minimum absolute atomic E-state index is 0.726. The maximum Gasteiger partial charge on any atom is 0.142 e. The van der Waals surface area contributed by atoms with Gasteiger partial charge in [0, 0.05) is 23.7 Å². The summed E-state index contributed by atoms with van der Waals surface area (Å²) < 4.78 is 1.91. The van der Waals surface area contributed by atoms with E-state index in [1.807, 2.05) is 28.6 Å². The predicted molar refractivity (Wildman–Crippen MR) is 71.9 cm³/mol. The molecule has 2 heterocycles. The second-order valence-corrected chi connectivity index (χ2v) is 5.88. The van der Waals surface area contributed by atoms with E-state index in [1.54, 1.807) is 18.9 Å². The Bertz CT molecular complexity index is 491. The standard InChI is InChI=1S/C13H16N4S/c1-2-4-11(5-3-1)18-13-8-12(15-9-16-13)17-7-6-14-10-17/h6-11H,1-5H2. The molecule has 5 heteroatoms. The minimum atomic E-state index is 0.726. The molecule has 1 fully saturated rings. The van der Waals surface area contributed by atoms with Crippen LogP contribution in [-0.2, 0) is 0 Å². The number of hydrogen-bond acceptors (Lipinski definition) is 4. The van der Waals surface area contributed by atoms with Gasteiger partial charge in [-0.1, -0.05) is 19.3 Å². The molecule has 2 aromatic heterocycles. The maximum absolute atomic E-state index is 4.36. The molecule has 0 bridgehead atoms. The lowest BCUT2D eigenvalue weighted by Gasteiger charge is -2.20. The summed E-state index contributed by atoms with van der Waals surface area (Å²) >= 11 is 1.89. The molecule has 1 aliphatic rings. The van der Waals surface area contributed by atoms with Gasteiger partial charge in [0.2, 0.25) is 0 Å². The third kappa shape index (κ3) is 2.72. The van der Waals surface area contributed by atoms with Gasteiger partial charge in [0.1, 0.15) is 23.5 Å². The van der Waals surface area contributed by atoms with Crippen molar-refractivity contribution in [2.24, 2.45) is 0 Å². The fraction of sp³-hybridized carbons (Fsp3) is 0.462. The summed E-state index contributed by atoms with van der Waals surface area (Å²) in [5.74, 6) is 0.890. The van der Waals surface area contributed by atoms with Gasteiger partial charge in [0.25, 0.3) is 0 Å². The summed E-state index contributed by atoms with van der Waals surface area (Å²) in [5, 5.41) is 1.80. The van der Waals surface area contributed by atoms with Gasteiger partial charge in [-0.15, -0.1) is 11.8 Å². The molecular formula is C13H16N4S. The molecule has 0 aromatic carbocycles. The highest BCUT2D eigenvalue weighted by molar-refractivity contribution is 7.99. The van der Waals surface area contributed by atoms with Gasteiger partial charge in [-0.05, 0) is 12.8 Å². The Hall–Kier alpha value is -1.36. The van der Waals surface area contributed by atoms with Crippen LogP contribution in [0.1, 0.15) is 32.1 Å². The van der Waals surface area contributed by atoms with Crippen LogP contribution >= 0.6 is 11.8 Å². The number of imidazole rings is 1. The lowest BCUT2D eigenvalue weighted by atomic mass is 10.0. The molecule has 0 aliphatic heterocycles. The molecule has 0 N–H and O–H groups in total. The van der Waals surface area contributed by atoms with Crippen molar-refractivity contribution in [3.63, 3.8) is 0 Å². The van der Waals surface area contributed by atoms with Crippen molar-refractivity contribution >= 4 is 11.8 Å². The smallest absolute Gasteiger partial charge is 0.142 e. The summed E-state index contributed by atoms with van der Waals surface area (Å²) in [6, 6.07) is 2.04. The quantitative estimate of drug-likeness (QED) is 0.795. The molecule has 1 saturated carbocycles. The zero-order valence-corrected chi connectivity index (χ0v) is 11.0. The van der Waals surface area contributed by atoms with Crippen LogP contribution in [0, 0.1) is 0 Å². The lowest BCUT2D eigenvalue weighted by Crippen LogP contribution is -2.08.